The van der Waals surface area contributed by atoms with Gasteiger partial charge in [-0.05, 0) is 12.8 Å². The number of ether oxygens (including phenoxy) is 4. The number of aliphatic hydroxyl groups is 1. The molecule has 0 amide bonds. The number of aliphatic hydroxyl groups excluding tert-OH is 1. The summed E-state index contributed by atoms with van der Waals surface area (Å²) in [6.45, 7) is 6.27. The Bertz CT molecular complexity index is 317. The highest BCUT2D eigenvalue weighted by Crippen LogP contribution is 2.12. The van der Waals surface area contributed by atoms with Crippen molar-refractivity contribution in [2.75, 3.05) is 65.2 Å². The Morgan fingerprint density at radius 1 is 0.607 bits per heavy atom. The second-order valence-corrected chi connectivity index (χ2v) is 7.97. The first-order valence-corrected chi connectivity index (χ1v) is 11.8. The molecule has 0 aliphatic carbocycles. The predicted octanol–water partition coefficient (Wildman–Crippen LogP) is 3.84. The number of unbranched alkanes of at least 4 members (excludes halogenated alkanes) is 8. The van der Waals surface area contributed by atoms with Gasteiger partial charge in [-0.2, -0.15) is 0 Å². The fourth-order valence-corrected chi connectivity index (χ4v) is 3.22. The maximum Gasteiger partial charge on any atom is 0.185 e. The lowest BCUT2D eigenvalue weighted by molar-refractivity contribution is -0.109. The summed E-state index contributed by atoms with van der Waals surface area (Å²) in [6, 6.07) is 0. The molecule has 0 bridgehead atoms. The van der Waals surface area contributed by atoms with Gasteiger partial charge < -0.3 is 24.1 Å². The molecule has 0 fully saturated rings. The molecule has 0 saturated heterocycles. The third kappa shape index (κ3) is 25.8. The summed E-state index contributed by atoms with van der Waals surface area (Å²) in [5, 5.41) is 8.77. The topological polar surface area (TPSA) is 74.2 Å². The van der Waals surface area contributed by atoms with Gasteiger partial charge in [0.2, 0.25) is 0 Å². The molecule has 0 atom stereocenters. The first-order valence-electron chi connectivity index (χ1n) is 10.8. The lowest BCUT2D eigenvalue weighted by Crippen LogP contribution is -2.12. The van der Waals surface area contributed by atoms with E-state index in [1.54, 1.807) is 6.92 Å². The minimum atomic E-state index is 0.0489. The fourth-order valence-electron chi connectivity index (χ4n) is 2.59. The molecule has 0 aliphatic heterocycles. The molecule has 0 heterocycles. The van der Waals surface area contributed by atoms with Gasteiger partial charge in [0.1, 0.15) is 0 Å². The minimum Gasteiger partial charge on any atom is -0.394 e. The summed E-state index contributed by atoms with van der Waals surface area (Å²) in [4.78, 5) is 10.8. The Hall–Kier alpha value is -0.180. The van der Waals surface area contributed by atoms with Crippen molar-refractivity contribution in [3.63, 3.8) is 0 Å². The number of carbonyl (C=O) groups excluding carboxylic acids is 1. The molecule has 168 valence electrons. The maximum absolute atomic E-state index is 10.8. The third-order valence-corrected chi connectivity index (χ3v) is 4.99. The monoisotopic (exact) mass is 422 g/mol. The van der Waals surface area contributed by atoms with E-state index in [1.807, 2.05) is 0 Å². The van der Waals surface area contributed by atoms with Crippen molar-refractivity contribution in [1.29, 1.82) is 0 Å². The van der Waals surface area contributed by atoms with Gasteiger partial charge in [-0.25, -0.2) is 0 Å². The number of rotatable bonds is 23. The van der Waals surface area contributed by atoms with Gasteiger partial charge in [0.15, 0.2) is 5.12 Å². The van der Waals surface area contributed by atoms with Gasteiger partial charge in [0, 0.05) is 19.3 Å². The van der Waals surface area contributed by atoms with E-state index in [0.29, 0.717) is 46.2 Å². The van der Waals surface area contributed by atoms with Crippen molar-refractivity contribution in [2.24, 2.45) is 0 Å². The third-order valence-electron chi connectivity index (χ3n) is 4.09. The second kappa shape index (κ2) is 24.9. The smallest absolute Gasteiger partial charge is 0.185 e. The van der Waals surface area contributed by atoms with Crippen LogP contribution < -0.4 is 0 Å². The summed E-state index contributed by atoms with van der Waals surface area (Å²) in [5.41, 5.74) is 0. The zero-order chi connectivity index (χ0) is 20.5. The largest absolute Gasteiger partial charge is 0.394 e. The van der Waals surface area contributed by atoms with E-state index < -0.39 is 0 Å². The zero-order valence-electron chi connectivity index (χ0n) is 17.8. The molecule has 0 unspecified atom stereocenters. The van der Waals surface area contributed by atoms with Gasteiger partial charge in [0.25, 0.3) is 0 Å². The van der Waals surface area contributed by atoms with Gasteiger partial charge in [0.05, 0.1) is 52.9 Å². The molecular formula is C21H42O6S. The predicted molar refractivity (Wildman–Crippen MR) is 115 cm³/mol. The van der Waals surface area contributed by atoms with Crippen molar-refractivity contribution >= 4 is 16.9 Å². The molecule has 0 radical (unpaired) electrons. The summed E-state index contributed by atoms with van der Waals surface area (Å²) >= 11 is 1.45. The van der Waals surface area contributed by atoms with Crippen LogP contribution in [-0.4, -0.2) is 75.4 Å². The van der Waals surface area contributed by atoms with E-state index in [1.165, 1.54) is 63.1 Å². The molecule has 0 aromatic rings. The van der Waals surface area contributed by atoms with Crippen molar-refractivity contribution < 1.29 is 28.8 Å². The molecule has 0 aromatic carbocycles. The van der Waals surface area contributed by atoms with Crippen molar-refractivity contribution in [3.05, 3.63) is 0 Å². The second-order valence-electron chi connectivity index (χ2n) is 6.70. The molecular weight excluding hydrogens is 380 g/mol. The van der Waals surface area contributed by atoms with Gasteiger partial charge >= 0.3 is 0 Å². The van der Waals surface area contributed by atoms with Crippen molar-refractivity contribution in [2.45, 2.75) is 64.7 Å². The van der Waals surface area contributed by atoms with Gasteiger partial charge in [-0.3, -0.25) is 4.79 Å². The quantitative estimate of drug-likeness (QED) is 0.251. The molecule has 0 rings (SSSR count). The first kappa shape index (κ1) is 27.8. The number of carbonyl (C=O) groups is 1. The Kier molecular flexibility index (Phi) is 24.7. The van der Waals surface area contributed by atoms with E-state index >= 15 is 0 Å². The molecule has 7 heteroatoms. The van der Waals surface area contributed by atoms with Crippen molar-refractivity contribution in [1.82, 2.24) is 0 Å². The number of hydrogen-bond acceptors (Lipinski definition) is 7. The van der Waals surface area contributed by atoms with Crippen LogP contribution in [0.2, 0.25) is 0 Å². The lowest BCUT2D eigenvalue weighted by Gasteiger charge is -2.07. The Labute approximate surface area is 176 Å². The minimum absolute atomic E-state index is 0.0489. The standard InChI is InChI=1S/C21H42O6S/c1-21(23)28-20-10-8-6-4-2-3-5-7-9-12-24-14-16-26-18-19-27-17-15-25-13-11-22/h22H,2-20H2,1H3. The van der Waals surface area contributed by atoms with Crippen LogP contribution in [0.5, 0.6) is 0 Å². The molecule has 6 nitrogen and oxygen atoms in total. The zero-order valence-corrected chi connectivity index (χ0v) is 18.6. The van der Waals surface area contributed by atoms with Crippen LogP contribution in [0.4, 0.5) is 0 Å². The van der Waals surface area contributed by atoms with Crippen LogP contribution in [-0.2, 0) is 23.7 Å². The highest BCUT2D eigenvalue weighted by Gasteiger charge is 1.96. The van der Waals surface area contributed by atoms with Crippen molar-refractivity contribution in [3.8, 4) is 0 Å². The Morgan fingerprint density at radius 3 is 1.46 bits per heavy atom. The molecule has 0 spiro atoms. The van der Waals surface area contributed by atoms with E-state index in [2.05, 4.69) is 0 Å². The van der Waals surface area contributed by atoms with Crippen LogP contribution in [0.3, 0.4) is 0 Å². The summed E-state index contributed by atoms with van der Waals surface area (Å²) in [6.07, 6.45) is 11.3. The number of thioether (sulfide) groups is 1. The average Bonchev–Trinajstić information content (AvgIpc) is 2.68. The van der Waals surface area contributed by atoms with E-state index in [4.69, 9.17) is 24.1 Å². The summed E-state index contributed by atoms with van der Waals surface area (Å²) in [7, 11) is 0. The molecule has 28 heavy (non-hydrogen) atoms. The number of hydrogen-bond donors (Lipinski definition) is 1. The Balaban J connectivity index is 2.99. The fraction of sp³-hybridized carbons (Fsp3) is 0.952. The normalized spacial score (nSPS) is 11.2. The molecule has 0 aromatic heterocycles. The summed E-state index contributed by atoms with van der Waals surface area (Å²) in [5.74, 6) is 0.982. The van der Waals surface area contributed by atoms with E-state index in [0.717, 1.165) is 18.8 Å². The van der Waals surface area contributed by atoms with Gasteiger partial charge in [-0.15, -0.1) is 0 Å². The van der Waals surface area contributed by atoms with Crippen LogP contribution in [0.1, 0.15) is 64.7 Å². The highest BCUT2D eigenvalue weighted by atomic mass is 32.2. The Morgan fingerprint density at radius 2 is 1.00 bits per heavy atom. The van der Waals surface area contributed by atoms with E-state index in [9.17, 15) is 4.79 Å². The maximum atomic E-state index is 10.8. The van der Waals surface area contributed by atoms with Crippen LogP contribution in [0.15, 0.2) is 0 Å². The van der Waals surface area contributed by atoms with Crippen LogP contribution >= 0.6 is 11.8 Å². The summed E-state index contributed by atoms with van der Waals surface area (Å²) < 4.78 is 21.4. The average molecular weight is 423 g/mol. The van der Waals surface area contributed by atoms with Crippen LogP contribution in [0.25, 0.3) is 0 Å². The van der Waals surface area contributed by atoms with E-state index in [-0.39, 0.29) is 11.7 Å². The first-order chi connectivity index (χ1) is 13.8. The van der Waals surface area contributed by atoms with Gasteiger partial charge in [-0.1, -0.05) is 56.7 Å². The van der Waals surface area contributed by atoms with Crippen LogP contribution in [0, 0.1) is 0 Å². The molecule has 0 saturated carbocycles. The highest BCUT2D eigenvalue weighted by molar-refractivity contribution is 8.13. The molecule has 0 aliphatic rings. The SMILES string of the molecule is CC(=O)SCCCCCCCCCCCOCCOCCOCCOCCO. The lowest BCUT2D eigenvalue weighted by atomic mass is 10.1. The molecule has 1 N–H and O–H groups in total.